The van der Waals surface area contributed by atoms with Crippen LogP contribution in [0.3, 0.4) is 0 Å². The molecule has 4 rings (SSSR count). The van der Waals surface area contributed by atoms with Crippen LogP contribution in [-0.4, -0.2) is 35.0 Å². The van der Waals surface area contributed by atoms with Crippen molar-refractivity contribution in [1.29, 1.82) is 0 Å². The Morgan fingerprint density at radius 2 is 1.83 bits per heavy atom. The number of aromatic nitrogens is 2. The van der Waals surface area contributed by atoms with Crippen LogP contribution in [-0.2, 0) is 16.0 Å². The maximum atomic E-state index is 12.4. The molecule has 2 aromatic carbocycles. The summed E-state index contributed by atoms with van der Waals surface area (Å²) in [5.74, 6) is -0.972. The molecule has 1 amide bonds. The summed E-state index contributed by atoms with van der Waals surface area (Å²) in [5, 5.41) is 4.73. The molecule has 2 N–H and O–H groups in total. The number of benzene rings is 2. The number of nitrogens with one attached hydrogen (secondary N) is 2. The van der Waals surface area contributed by atoms with Crippen molar-refractivity contribution in [3.8, 4) is 0 Å². The van der Waals surface area contributed by atoms with Crippen LogP contribution < -0.4 is 5.32 Å². The van der Waals surface area contributed by atoms with Gasteiger partial charge in [0.2, 0.25) is 0 Å². The molecule has 29 heavy (non-hydrogen) atoms. The highest BCUT2D eigenvalue weighted by Gasteiger charge is 2.15. The first-order chi connectivity index (χ1) is 14.1. The minimum atomic E-state index is -0.614. The molecule has 4 aromatic rings. The van der Waals surface area contributed by atoms with Crippen LogP contribution in [0.4, 0.5) is 0 Å². The third-order valence-electron chi connectivity index (χ3n) is 4.63. The van der Waals surface area contributed by atoms with Crippen molar-refractivity contribution < 1.29 is 14.3 Å². The first kappa shape index (κ1) is 19.0. The van der Waals surface area contributed by atoms with Crippen LogP contribution in [0.1, 0.15) is 15.9 Å². The zero-order valence-corrected chi connectivity index (χ0v) is 16.2. The van der Waals surface area contributed by atoms with Gasteiger partial charge in [-0.15, -0.1) is 0 Å². The number of fused-ring (bicyclic) bond motifs is 2. The summed E-state index contributed by atoms with van der Waals surface area (Å²) >= 11 is 5.99. The SMILES string of the molecule is O=C(COC(=O)c1cc(Cl)nc2ccccc12)NCCc1c[nH]c2ccccc12. The van der Waals surface area contributed by atoms with E-state index >= 15 is 0 Å². The molecule has 7 heteroatoms. The van der Waals surface area contributed by atoms with Crippen LogP contribution in [0.15, 0.2) is 60.8 Å². The number of aromatic amines is 1. The molecule has 0 unspecified atom stereocenters. The van der Waals surface area contributed by atoms with Crippen LogP contribution in [0.5, 0.6) is 0 Å². The molecule has 0 aliphatic heterocycles. The van der Waals surface area contributed by atoms with Gasteiger partial charge in [-0.25, -0.2) is 9.78 Å². The number of pyridine rings is 1. The van der Waals surface area contributed by atoms with Crippen molar-refractivity contribution in [3.05, 3.63) is 77.1 Å². The number of rotatable bonds is 6. The van der Waals surface area contributed by atoms with Gasteiger partial charge in [-0.1, -0.05) is 48.0 Å². The van der Waals surface area contributed by atoms with Gasteiger partial charge in [0, 0.05) is 29.0 Å². The quantitative estimate of drug-likeness (QED) is 0.375. The van der Waals surface area contributed by atoms with Gasteiger partial charge < -0.3 is 15.0 Å². The van der Waals surface area contributed by atoms with Gasteiger partial charge in [0.25, 0.3) is 5.91 Å². The third kappa shape index (κ3) is 4.22. The number of hydrogen-bond acceptors (Lipinski definition) is 4. The highest BCUT2D eigenvalue weighted by molar-refractivity contribution is 6.30. The second-order valence-electron chi connectivity index (χ2n) is 6.55. The van der Waals surface area contributed by atoms with E-state index in [0.29, 0.717) is 23.9 Å². The number of halogens is 1. The molecule has 0 fully saturated rings. The minimum absolute atomic E-state index is 0.193. The Bertz CT molecular complexity index is 1200. The van der Waals surface area contributed by atoms with Crippen molar-refractivity contribution in [1.82, 2.24) is 15.3 Å². The Morgan fingerprint density at radius 3 is 2.69 bits per heavy atom. The van der Waals surface area contributed by atoms with Crippen LogP contribution in [0, 0.1) is 0 Å². The lowest BCUT2D eigenvalue weighted by atomic mass is 10.1. The largest absolute Gasteiger partial charge is 0.452 e. The number of carbonyl (C=O) groups excluding carboxylic acids is 2. The number of carbonyl (C=O) groups is 2. The molecule has 0 saturated carbocycles. The highest BCUT2D eigenvalue weighted by atomic mass is 35.5. The Labute approximate surface area is 171 Å². The van der Waals surface area contributed by atoms with Crippen LogP contribution >= 0.6 is 11.6 Å². The molecule has 6 nitrogen and oxygen atoms in total. The first-order valence-electron chi connectivity index (χ1n) is 9.16. The average molecular weight is 408 g/mol. The molecule has 0 aliphatic carbocycles. The van der Waals surface area contributed by atoms with Crippen molar-refractivity contribution in [3.63, 3.8) is 0 Å². The summed E-state index contributed by atoms with van der Waals surface area (Å²) < 4.78 is 5.17. The lowest BCUT2D eigenvalue weighted by molar-refractivity contribution is -0.124. The maximum Gasteiger partial charge on any atom is 0.339 e. The fourth-order valence-corrected chi connectivity index (χ4v) is 3.45. The van der Waals surface area contributed by atoms with Crippen LogP contribution in [0.25, 0.3) is 21.8 Å². The summed E-state index contributed by atoms with van der Waals surface area (Å²) in [6.45, 7) is 0.0865. The second-order valence-corrected chi connectivity index (χ2v) is 6.93. The minimum Gasteiger partial charge on any atom is -0.452 e. The number of amides is 1. The summed E-state index contributed by atoms with van der Waals surface area (Å²) in [4.78, 5) is 31.9. The molecule has 0 saturated heterocycles. The van der Waals surface area contributed by atoms with Gasteiger partial charge in [0.1, 0.15) is 5.15 Å². The van der Waals surface area contributed by atoms with E-state index in [1.165, 1.54) is 6.07 Å². The monoisotopic (exact) mass is 407 g/mol. The first-order valence-corrected chi connectivity index (χ1v) is 9.54. The number of hydrogen-bond donors (Lipinski definition) is 2. The molecular weight excluding hydrogens is 390 g/mol. The third-order valence-corrected chi connectivity index (χ3v) is 4.82. The lowest BCUT2D eigenvalue weighted by Crippen LogP contribution is -2.30. The van der Waals surface area contributed by atoms with Crippen molar-refractivity contribution in [2.24, 2.45) is 0 Å². The van der Waals surface area contributed by atoms with Gasteiger partial charge >= 0.3 is 5.97 Å². The van der Waals surface area contributed by atoms with E-state index in [1.54, 1.807) is 18.2 Å². The Kier molecular flexibility index (Phi) is 5.44. The molecule has 2 aromatic heterocycles. The van der Waals surface area contributed by atoms with E-state index in [9.17, 15) is 9.59 Å². The summed E-state index contributed by atoms with van der Waals surface area (Å²) in [5.41, 5.74) is 3.06. The Morgan fingerprint density at radius 1 is 1.07 bits per heavy atom. The molecule has 0 atom stereocenters. The lowest BCUT2D eigenvalue weighted by Gasteiger charge is -2.08. The van der Waals surface area contributed by atoms with E-state index in [4.69, 9.17) is 16.3 Å². The number of esters is 1. The van der Waals surface area contributed by atoms with E-state index in [1.807, 2.05) is 36.5 Å². The molecule has 0 radical (unpaired) electrons. The van der Waals surface area contributed by atoms with Gasteiger partial charge in [-0.2, -0.15) is 0 Å². The Hall–Kier alpha value is -3.38. The fourth-order valence-electron chi connectivity index (χ4n) is 3.25. The predicted octanol–water partition coefficient (Wildman–Crippen LogP) is 3.89. The summed E-state index contributed by atoms with van der Waals surface area (Å²) in [6.07, 6.45) is 2.61. The van der Waals surface area contributed by atoms with E-state index < -0.39 is 5.97 Å². The maximum absolute atomic E-state index is 12.4. The smallest absolute Gasteiger partial charge is 0.339 e. The van der Waals surface area contributed by atoms with Crippen molar-refractivity contribution in [2.75, 3.05) is 13.2 Å². The van der Waals surface area contributed by atoms with Gasteiger partial charge in [0.15, 0.2) is 6.61 Å². The molecular formula is C22H18ClN3O3. The predicted molar refractivity (Wildman–Crippen MR) is 112 cm³/mol. The fraction of sp³-hybridized carbons (Fsp3) is 0.136. The van der Waals surface area contributed by atoms with E-state index in [-0.39, 0.29) is 23.2 Å². The van der Waals surface area contributed by atoms with E-state index in [0.717, 1.165) is 16.5 Å². The zero-order chi connectivity index (χ0) is 20.2. The van der Waals surface area contributed by atoms with Crippen LogP contribution in [0.2, 0.25) is 5.15 Å². The second kappa shape index (κ2) is 8.32. The van der Waals surface area contributed by atoms with Gasteiger partial charge in [-0.3, -0.25) is 4.79 Å². The number of ether oxygens (including phenoxy) is 1. The normalized spacial score (nSPS) is 10.9. The average Bonchev–Trinajstić information content (AvgIpc) is 3.14. The Balaban J connectivity index is 1.32. The zero-order valence-electron chi connectivity index (χ0n) is 15.4. The number of H-pyrrole nitrogens is 1. The van der Waals surface area contributed by atoms with Crippen molar-refractivity contribution in [2.45, 2.75) is 6.42 Å². The molecule has 2 heterocycles. The number of para-hydroxylation sites is 2. The van der Waals surface area contributed by atoms with Gasteiger partial charge in [-0.05, 0) is 30.2 Å². The summed E-state index contributed by atoms with van der Waals surface area (Å²) in [7, 11) is 0. The van der Waals surface area contributed by atoms with Gasteiger partial charge in [0.05, 0.1) is 11.1 Å². The molecule has 0 aliphatic rings. The molecule has 146 valence electrons. The highest BCUT2D eigenvalue weighted by Crippen LogP contribution is 2.21. The molecule has 0 spiro atoms. The van der Waals surface area contributed by atoms with E-state index in [2.05, 4.69) is 15.3 Å². The number of nitrogens with zero attached hydrogens (tertiary/aromatic N) is 1. The summed E-state index contributed by atoms with van der Waals surface area (Å²) in [6, 6.07) is 16.6. The molecule has 0 bridgehead atoms. The van der Waals surface area contributed by atoms with Crippen molar-refractivity contribution >= 4 is 45.3 Å². The topological polar surface area (TPSA) is 84.1 Å². The standard InChI is InChI=1S/C22H18ClN3O3/c23-20-11-17(16-6-2-4-8-19(16)26-20)22(28)29-13-21(27)24-10-9-14-12-25-18-7-3-1-5-15(14)18/h1-8,11-12,25H,9-10,13H2,(H,24,27).